The minimum atomic E-state index is -3.81. The van der Waals surface area contributed by atoms with E-state index in [4.69, 9.17) is 21.7 Å². The summed E-state index contributed by atoms with van der Waals surface area (Å²) in [5.41, 5.74) is 4.31. The summed E-state index contributed by atoms with van der Waals surface area (Å²) < 4.78 is 23.9. The highest BCUT2D eigenvalue weighted by atomic mass is 35.5. The van der Waals surface area contributed by atoms with Gasteiger partial charge in [0.05, 0.1) is 15.9 Å². The van der Waals surface area contributed by atoms with E-state index in [2.05, 4.69) is 11.1 Å². The first-order chi connectivity index (χ1) is 13.9. The number of benzene rings is 3. The number of sulfonamides is 1. The van der Waals surface area contributed by atoms with E-state index < -0.39 is 10.0 Å². The lowest BCUT2D eigenvalue weighted by molar-refractivity contribution is 0.598. The zero-order chi connectivity index (χ0) is 20.2. The number of aromatic nitrogens is 2. The molecule has 146 valence electrons. The van der Waals surface area contributed by atoms with Gasteiger partial charge in [0, 0.05) is 16.5 Å². The van der Waals surface area contributed by atoms with Gasteiger partial charge in [0.2, 0.25) is 10.0 Å². The fraction of sp³-hybridized carbons (Fsp3) is 0.136. The topological polar surface area (TPSA) is 88.8 Å². The summed E-state index contributed by atoms with van der Waals surface area (Å²) in [7, 11) is -3.81. The number of rotatable bonds is 4. The summed E-state index contributed by atoms with van der Waals surface area (Å²) >= 11 is 6.12. The summed E-state index contributed by atoms with van der Waals surface area (Å²) in [6.07, 6.45) is 1.03. The molecule has 1 heterocycles. The van der Waals surface area contributed by atoms with Crippen LogP contribution in [0.3, 0.4) is 0 Å². The molecule has 3 aromatic carbocycles. The maximum atomic E-state index is 11.9. The van der Waals surface area contributed by atoms with Crippen molar-refractivity contribution in [2.75, 3.05) is 0 Å². The van der Waals surface area contributed by atoms with Gasteiger partial charge in [0.25, 0.3) is 0 Å². The fourth-order valence-electron chi connectivity index (χ4n) is 3.93. The number of nitrogens with one attached hydrogen (secondary N) is 1. The molecule has 1 aliphatic carbocycles. The van der Waals surface area contributed by atoms with E-state index >= 15 is 0 Å². The molecule has 0 saturated heterocycles. The van der Waals surface area contributed by atoms with E-state index in [-0.39, 0.29) is 4.90 Å². The Morgan fingerprint density at radius 1 is 1.00 bits per heavy atom. The molecule has 4 aromatic rings. The lowest BCUT2D eigenvalue weighted by Gasteiger charge is -2.07. The Hall–Kier alpha value is -2.67. The molecule has 5 nitrogen and oxygen atoms in total. The van der Waals surface area contributed by atoms with Crippen molar-refractivity contribution >= 4 is 32.7 Å². The van der Waals surface area contributed by atoms with Crippen LogP contribution in [-0.4, -0.2) is 18.4 Å². The molecule has 0 aliphatic heterocycles. The number of H-pyrrole nitrogens is 1. The van der Waals surface area contributed by atoms with Crippen molar-refractivity contribution in [3.05, 3.63) is 83.1 Å². The van der Waals surface area contributed by atoms with E-state index in [1.54, 1.807) is 18.2 Å². The van der Waals surface area contributed by atoms with Gasteiger partial charge in [-0.2, -0.15) is 0 Å². The van der Waals surface area contributed by atoms with Gasteiger partial charge in [-0.25, -0.2) is 18.5 Å². The van der Waals surface area contributed by atoms with Crippen LogP contribution in [0, 0.1) is 0 Å². The van der Waals surface area contributed by atoms with Gasteiger partial charge in [-0.15, -0.1) is 0 Å². The van der Waals surface area contributed by atoms with Crippen LogP contribution in [0.15, 0.2) is 71.6 Å². The molecule has 0 radical (unpaired) electrons. The number of hydrogen-bond acceptors (Lipinski definition) is 3. The van der Waals surface area contributed by atoms with E-state index in [0.717, 1.165) is 33.9 Å². The molecule has 2 unspecified atom stereocenters. The number of aromatic amines is 1. The molecule has 3 N–H and O–H groups in total. The van der Waals surface area contributed by atoms with Crippen LogP contribution in [0.4, 0.5) is 0 Å². The molecule has 1 aliphatic rings. The van der Waals surface area contributed by atoms with E-state index in [1.165, 1.54) is 11.6 Å². The molecule has 2 atom stereocenters. The van der Waals surface area contributed by atoms with Gasteiger partial charge in [0.1, 0.15) is 5.82 Å². The summed E-state index contributed by atoms with van der Waals surface area (Å²) in [4.78, 5) is 8.28. The second-order valence-electron chi connectivity index (χ2n) is 7.40. The van der Waals surface area contributed by atoms with Crippen LogP contribution >= 0.6 is 11.6 Å². The number of primary sulfonamides is 1. The number of nitrogens with two attached hydrogens (primary N) is 1. The smallest absolute Gasteiger partial charge is 0.238 e. The molecule has 1 fully saturated rings. The molecule has 0 amide bonds. The summed E-state index contributed by atoms with van der Waals surface area (Å²) in [6.45, 7) is 0. The lowest BCUT2D eigenvalue weighted by Crippen LogP contribution is -2.13. The fourth-order valence-corrected chi connectivity index (χ4v) is 4.89. The van der Waals surface area contributed by atoms with E-state index in [9.17, 15) is 8.42 Å². The second kappa shape index (κ2) is 6.69. The predicted octanol–water partition coefficient (Wildman–Crippen LogP) is 4.80. The Kier molecular flexibility index (Phi) is 4.24. The van der Waals surface area contributed by atoms with Gasteiger partial charge >= 0.3 is 0 Å². The zero-order valence-corrected chi connectivity index (χ0v) is 16.9. The lowest BCUT2D eigenvalue weighted by atomic mass is 10.1. The van der Waals surface area contributed by atoms with Crippen molar-refractivity contribution in [3.63, 3.8) is 0 Å². The molecular weight excluding hydrogens is 406 g/mol. The number of fused-ring (bicyclic) bond motifs is 1. The third-order valence-electron chi connectivity index (χ3n) is 5.42. The molecule has 1 saturated carbocycles. The summed E-state index contributed by atoms with van der Waals surface area (Å²) in [5.74, 6) is 1.69. The predicted molar refractivity (Wildman–Crippen MR) is 114 cm³/mol. The first kappa shape index (κ1) is 18.4. The number of hydrogen-bond donors (Lipinski definition) is 2. The molecule has 1 aromatic heterocycles. The van der Waals surface area contributed by atoms with Crippen molar-refractivity contribution in [1.29, 1.82) is 0 Å². The minimum Gasteiger partial charge on any atom is -0.342 e. The molecule has 7 heteroatoms. The first-order valence-electron chi connectivity index (χ1n) is 9.27. The Morgan fingerprint density at radius 2 is 1.83 bits per heavy atom. The third-order valence-corrected chi connectivity index (χ3v) is 6.63. The highest BCUT2D eigenvalue weighted by molar-refractivity contribution is 7.89. The Labute approximate surface area is 173 Å². The van der Waals surface area contributed by atoms with Crippen LogP contribution < -0.4 is 5.14 Å². The quantitative estimate of drug-likeness (QED) is 0.494. The van der Waals surface area contributed by atoms with Crippen molar-refractivity contribution in [2.45, 2.75) is 23.2 Å². The van der Waals surface area contributed by atoms with Gasteiger partial charge in [-0.1, -0.05) is 48.0 Å². The number of nitrogens with zero attached hydrogens (tertiary/aromatic N) is 1. The minimum absolute atomic E-state index is 0.113. The second-order valence-corrected chi connectivity index (χ2v) is 9.37. The third kappa shape index (κ3) is 3.44. The summed E-state index contributed by atoms with van der Waals surface area (Å²) in [5, 5.41) is 6.13. The van der Waals surface area contributed by atoms with Crippen LogP contribution in [0.1, 0.15) is 29.6 Å². The highest BCUT2D eigenvalue weighted by Crippen LogP contribution is 2.54. The Morgan fingerprint density at radius 3 is 2.62 bits per heavy atom. The van der Waals surface area contributed by atoms with Crippen molar-refractivity contribution in [2.24, 2.45) is 5.14 Å². The maximum Gasteiger partial charge on any atom is 0.238 e. The Bertz CT molecular complexity index is 1350. The van der Waals surface area contributed by atoms with Crippen molar-refractivity contribution < 1.29 is 8.42 Å². The van der Waals surface area contributed by atoms with Crippen LogP contribution in [0.5, 0.6) is 0 Å². The van der Waals surface area contributed by atoms with Crippen molar-refractivity contribution in [3.8, 4) is 11.1 Å². The molecule has 29 heavy (non-hydrogen) atoms. The standard InChI is InChI=1S/C22H18ClN3O2S/c23-15-5-3-4-13(10-15)17-12-18(17)22-25-19-9-8-14(11-20(19)26-22)16-6-1-2-7-21(16)29(24,27)28/h1-11,17-18H,12H2,(H,25,26)(H2,24,27,28). The maximum absolute atomic E-state index is 11.9. The monoisotopic (exact) mass is 423 g/mol. The summed E-state index contributed by atoms with van der Waals surface area (Å²) in [6, 6.07) is 20.4. The van der Waals surface area contributed by atoms with Crippen LogP contribution in [0.25, 0.3) is 22.2 Å². The normalized spacial score (nSPS) is 18.8. The van der Waals surface area contributed by atoms with Crippen LogP contribution in [-0.2, 0) is 10.0 Å². The van der Waals surface area contributed by atoms with Crippen LogP contribution in [0.2, 0.25) is 5.02 Å². The number of imidazole rings is 1. The van der Waals surface area contributed by atoms with E-state index in [1.807, 2.05) is 36.4 Å². The molecule has 0 bridgehead atoms. The first-order valence-corrected chi connectivity index (χ1v) is 11.2. The molecule has 0 spiro atoms. The molecular formula is C22H18ClN3O2S. The number of halogens is 1. The zero-order valence-electron chi connectivity index (χ0n) is 15.3. The largest absolute Gasteiger partial charge is 0.342 e. The SMILES string of the molecule is NS(=O)(=O)c1ccccc1-c1ccc2nc(C3CC3c3cccc(Cl)c3)[nH]c2c1. The van der Waals surface area contributed by atoms with Gasteiger partial charge in [0.15, 0.2) is 0 Å². The Balaban J connectivity index is 1.50. The van der Waals surface area contributed by atoms with Gasteiger partial charge in [-0.05, 0) is 53.8 Å². The van der Waals surface area contributed by atoms with Crippen molar-refractivity contribution in [1.82, 2.24) is 9.97 Å². The average molecular weight is 424 g/mol. The van der Waals surface area contributed by atoms with E-state index in [0.29, 0.717) is 17.4 Å². The average Bonchev–Trinajstić information content (AvgIpc) is 3.39. The van der Waals surface area contributed by atoms with Gasteiger partial charge < -0.3 is 4.98 Å². The molecule has 5 rings (SSSR count). The highest BCUT2D eigenvalue weighted by Gasteiger charge is 2.41. The van der Waals surface area contributed by atoms with Gasteiger partial charge in [-0.3, -0.25) is 0 Å².